The summed E-state index contributed by atoms with van der Waals surface area (Å²) >= 11 is 12.0. The van der Waals surface area contributed by atoms with Gasteiger partial charge >= 0.3 is 0 Å². The standard InChI is InChI=1S/C12H9Br3OS/c13-7-1-2-9(14)8(5-7)11(16)6-12-10(15)3-4-17-12/h1-5,11,16H,6H2. The summed E-state index contributed by atoms with van der Waals surface area (Å²) in [4.78, 5) is 1.16. The Kier molecular flexibility index (Phi) is 4.83. The van der Waals surface area contributed by atoms with Gasteiger partial charge < -0.3 is 5.11 Å². The van der Waals surface area contributed by atoms with Gasteiger partial charge in [-0.1, -0.05) is 31.9 Å². The van der Waals surface area contributed by atoms with E-state index < -0.39 is 6.10 Å². The molecule has 0 aliphatic carbocycles. The number of hydrogen-bond acceptors (Lipinski definition) is 2. The molecule has 1 aromatic carbocycles. The molecule has 0 spiro atoms. The maximum absolute atomic E-state index is 10.3. The first kappa shape index (κ1) is 13.7. The second-order valence-electron chi connectivity index (χ2n) is 3.58. The molecule has 90 valence electrons. The highest BCUT2D eigenvalue weighted by Gasteiger charge is 2.14. The summed E-state index contributed by atoms with van der Waals surface area (Å²) in [5.74, 6) is 0. The number of benzene rings is 1. The minimum Gasteiger partial charge on any atom is -0.388 e. The molecule has 0 radical (unpaired) electrons. The van der Waals surface area contributed by atoms with Crippen LogP contribution in [-0.2, 0) is 6.42 Å². The van der Waals surface area contributed by atoms with Crippen molar-refractivity contribution in [3.63, 3.8) is 0 Å². The van der Waals surface area contributed by atoms with E-state index in [0.717, 1.165) is 23.9 Å². The zero-order valence-corrected chi connectivity index (χ0v) is 14.2. The molecule has 0 aliphatic rings. The van der Waals surface area contributed by atoms with E-state index in [0.29, 0.717) is 6.42 Å². The van der Waals surface area contributed by atoms with Gasteiger partial charge in [0, 0.05) is 24.7 Å². The molecule has 0 aliphatic heterocycles. The van der Waals surface area contributed by atoms with E-state index in [9.17, 15) is 5.11 Å². The van der Waals surface area contributed by atoms with Crippen LogP contribution in [0.5, 0.6) is 0 Å². The molecule has 5 heteroatoms. The normalized spacial score (nSPS) is 12.7. The zero-order valence-electron chi connectivity index (χ0n) is 8.66. The number of thiophene rings is 1. The minimum atomic E-state index is -0.503. The number of rotatable bonds is 3. The Labute approximate surface area is 129 Å². The van der Waals surface area contributed by atoms with Gasteiger partial charge in [-0.15, -0.1) is 11.3 Å². The highest BCUT2D eigenvalue weighted by molar-refractivity contribution is 9.11. The summed E-state index contributed by atoms with van der Waals surface area (Å²) in [6.07, 6.45) is 0.115. The molecule has 0 bridgehead atoms. The van der Waals surface area contributed by atoms with Gasteiger partial charge in [0.05, 0.1) is 6.10 Å². The Balaban J connectivity index is 2.23. The summed E-state index contributed by atoms with van der Waals surface area (Å²) in [5, 5.41) is 12.3. The topological polar surface area (TPSA) is 20.2 Å². The minimum absolute atomic E-state index is 0.503. The lowest BCUT2D eigenvalue weighted by molar-refractivity contribution is 0.178. The van der Waals surface area contributed by atoms with Crippen LogP contribution in [0.4, 0.5) is 0 Å². The van der Waals surface area contributed by atoms with E-state index in [1.54, 1.807) is 11.3 Å². The van der Waals surface area contributed by atoms with Crippen molar-refractivity contribution in [2.75, 3.05) is 0 Å². The highest BCUT2D eigenvalue weighted by atomic mass is 79.9. The van der Waals surface area contributed by atoms with Crippen molar-refractivity contribution in [3.05, 3.63) is 53.5 Å². The van der Waals surface area contributed by atoms with E-state index in [-0.39, 0.29) is 0 Å². The van der Waals surface area contributed by atoms with Crippen molar-refractivity contribution in [2.45, 2.75) is 12.5 Å². The van der Waals surface area contributed by atoms with Crippen LogP contribution in [0.15, 0.2) is 43.1 Å². The lowest BCUT2D eigenvalue weighted by atomic mass is 10.1. The maximum Gasteiger partial charge on any atom is 0.0849 e. The predicted molar refractivity (Wildman–Crippen MR) is 82.5 cm³/mol. The second-order valence-corrected chi connectivity index (χ2v) is 7.20. The van der Waals surface area contributed by atoms with Gasteiger partial charge in [0.15, 0.2) is 0 Å². The molecule has 0 fully saturated rings. The summed E-state index contributed by atoms with van der Waals surface area (Å²) in [6, 6.07) is 7.83. The Morgan fingerprint density at radius 1 is 1.12 bits per heavy atom. The van der Waals surface area contributed by atoms with Crippen LogP contribution >= 0.6 is 59.1 Å². The van der Waals surface area contributed by atoms with Crippen LogP contribution in [0, 0.1) is 0 Å². The first-order valence-electron chi connectivity index (χ1n) is 4.93. The van der Waals surface area contributed by atoms with E-state index in [2.05, 4.69) is 47.8 Å². The van der Waals surface area contributed by atoms with Gasteiger partial charge in [-0.05, 0) is 51.1 Å². The quantitative estimate of drug-likeness (QED) is 0.685. The highest BCUT2D eigenvalue weighted by Crippen LogP contribution is 2.32. The fourth-order valence-corrected chi connectivity index (χ4v) is 3.97. The molecule has 1 aromatic heterocycles. The Morgan fingerprint density at radius 3 is 2.53 bits per heavy atom. The molecule has 0 saturated carbocycles. The van der Waals surface area contributed by atoms with Gasteiger partial charge in [0.25, 0.3) is 0 Å². The lowest BCUT2D eigenvalue weighted by Gasteiger charge is -2.12. The average molecular weight is 441 g/mol. The SMILES string of the molecule is OC(Cc1sccc1Br)c1cc(Br)ccc1Br. The van der Waals surface area contributed by atoms with Crippen LogP contribution in [0.25, 0.3) is 0 Å². The van der Waals surface area contributed by atoms with Gasteiger partial charge in [0.1, 0.15) is 0 Å². The fourth-order valence-electron chi connectivity index (χ4n) is 1.53. The zero-order chi connectivity index (χ0) is 12.4. The van der Waals surface area contributed by atoms with E-state index >= 15 is 0 Å². The van der Waals surface area contributed by atoms with Crippen LogP contribution in [0.1, 0.15) is 16.5 Å². The third-order valence-electron chi connectivity index (χ3n) is 2.39. The second kappa shape index (κ2) is 5.97. The first-order valence-corrected chi connectivity index (χ1v) is 8.18. The summed E-state index contributed by atoms with van der Waals surface area (Å²) in [5.41, 5.74) is 0.902. The molecule has 0 saturated heterocycles. The van der Waals surface area contributed by atoms with Crippen molar-refractivity contribution >= 4 is 59.1 Å². The molecule has 1 unspecified atom stereocenters. The number of aliphatic hydroxyl groups excluding tert-OH is 1. The third kappa shape index (κ3) is 3.41. The summed E-state index contributed by atoms with van der Waals surface area (Å²) in [6.45, 7) is 0. The smallest absolute Gasteiger partial charge is 0.0849 e. The molecular formula is C12H9Br3OS. The molecule has 1 heterocycles. The van der Waals surface area contributed by atoms with Crippen LogP contribution < -0.4 is 0 Å². The van der Waals surface area contributed by atoms with Gasteiger partial charge in [-0.3, -0.25) is 0 Å². The monoisotopic (exact) mass is 438 g/mol. The van der Waals surface area contributed by atoms with E-state index in [4.69, 9.17) is 0 Å². The molecule has 1 N–H and O–H groups in total. The Bertz CT molecular complexity index is 524. The Hall–Kier alpha value is 0.320. The largest absolute Gasteiger partial charge is 0.388 e. The van der Waals surface area contributed by atoms with Gasteiger partial charge in [-0.2, -0.15) is 0 Å². The van der Waals surface area contributed by atoms with Crippen molar-refractivity contribution in [1.82, 2.24) is 0 Å². The maximum atomic E-state index is 10.3. The molecule has 1 nitrogen and oxygen atoms in total. The number of hydrogen-bond donors (Lipinski definition) is 1. The van der Waals surface area contributed by atoms with Gasteiger partial charge in [0.2, 0.25) is 0 Å². The summed E-state index contributed by atoms with van der Waals surface area (Å²) < 4.78 is 2.97. The fraction of sp³-hybridized carbons (Fsp3) is 0.167. The third-order valence-corrected chi connectivity index (χ3v) is 5.55. The number of aliphatic hydroxyl groups is 1. The lowest BCUT2D eigenvalue weighted by Crippen LogP contribution is -2.02. The van der Waals surface area contributed by atoms with Gasteiger partial charge in [-0.25, -0.2) is 0 Å². The van der Waals surface area contributed by atoms with Crippen molar-refractivity contribution in [2.24, 2.45) is 0 Å². The molecule has 1 atom stereocenters. The van der Waals surface area contributed by atoms with Crippen molar-refractivity contribution in [3.8, 4) is 0 Å². The molecule has 17 heavy (non-hydrogen) atoms. The predicted octanol–water partition coefficient (Wildman–Crippen LogP) is 5.31. The molecule has 0 amide bonds. The van der Waals surface area contributed by atoms with E-state index in [1.165, 1.54) is 0 Å². The van der Waals surface area contributed by atoms with Crippen LogP contribution in [0.2, 0.25) is 0 Å². The average Bonchev–Trinajstić information content (AvgIpc) is 2.68. The molecule has 2 aromatic rings. The number of halogens is 3. The Morgan fingerprint density at radius 2 is 1.88 bits per heavy atom. The van der Waals surface area contributed by atoms with Crippen molar-refractivity contribution < 1.29 is 5.11 Å². The van der Waals surface area contributed by atoms with Crippen LogP contribution in [-0.4, -0.2) is 5.11 Å². The summed E-state index contributed by atoms with van der Waals surface area (Å²) in [7, 11) is 0. The molecule has 2 rings (SSSR count). The van der Waals surface area contributed by atoms with E-state index in [1.807, 2.05) is 29.6 Å². The molecular weight excluding hydrogens is 432 g/mol. The van der Waals surface area contributed by atoms with Crippen molar-refractivity contribution in [1.29, 1.82) is 0 Å². The van der Waals surface area contributed by atoms with Crippen LogP contribution in [0.3, 0.4) is 0 Å². The first-order chi connectivity index (χ1) is 8.08.